The Morgan fingerprint density at radius 1 is 1.12 bits per heavy atom. The first-order valence-electron chi connectivity index (χ1n) is 5.36. The van der Waals surface area contributed by atoms with Gasteiger partial charge in [-0.1, -0.05) is 0 Å². The molecule has 2 atom stereocenters. The molecule has 0 amide bonds. The summed E-state index contributed by atoms with van der Waals surface area (Å²) in [7, 11) is 0. The summed E-state index contributed by atoms with van der Waals surface area (Å²) in [6.45, 7) is 4.58. The molecule has 0 saturated carbocycles. The van der Waals surface area contributed by atoms with Crippen molar-refractivity contribution in [3.8, 4) is 0 Å². The second kappa shape index (κ2) is 8.39. The summed E-state index contributed by atoms with van der Waals surface area (Å²) in [6.07, 6.45) is 1.89. The minimum Gasteiger partial charge on any atom is -0.463 e. The Balaban J connectivity index is 3.69. The largest absolute Gasteiger partial charge is 0.463 e. The second-order valence-corrected chi connectivity index (χ2v) is 4.05. The Labute approximate surface area is 101 Å². The molecule has 94 valence electrons. The van der Waals surface area contributed by atoms with Gasteiger partial charge in [-0.05, 0) is 26.2 Å². The molecule has 0 aliphatic rings. The maximum atomic E-state index is 10.7. The molecule has 5 heteroatoms. The molecule has 0 heterocycles. The molecule has 0 aromatic heterocycles. The van der Waals surface area contributed by atoms with Gasteiger partial charge in [-0.15, -0.1) is 11.6 Å². The average molecular weight is 251 g/mol. The first kappa shape index (κ1) is 15.2. The third-order valence-corrected chi connectivity index (χ3v) is 2.35. The van der Waals surface area contributed by atoms with Gasteiger partial charge in [-0.25, -0.2) is 0 Å². The summed E-state index contributed by atoms with van der Waals surface area (Å²) in [5.41, 5.74) is 0. The predicted octanol–water partition coefficient (Wildman–Crippen LogP) is 2.28. The van der Waals surface area contributed by atoms with E-state index in [1.54, 1.807) is 0 Å². The summed E-state index contributed by atoms with van der Waals surface area (Å²) in [5, 5.41) is 0. The highest BCUT2D eigenvalue weighted by atomic mass is 35.5. The molecule has 0 aliphatic carbocycles. The van der Waals surface area contributed by atoms with Crippen molar-refractivity contribution in [2.24, 2.45) is 0 Å². The van der Waals surface area contributed by atoms with Gasteiger partial charge in [-0.3, -0.25) is 9.59 Å². The van der Waals surface area contributed by atoms with Gasteiger partial charge in [0.25, 0.3) is 0 Å². The Kier molecular flexibility index (Phi) is 7.99. The van der Waals surface area contributed by atoms with Crippen LogP contribution >= 0.6 is 11.6 Å². The Bertz CT molecular complexity index is 230. The quantitative estimate of drug-likeness (QED) is 0.514. The number of carbonyl (C=O) groups is 2. The van der Waals surface area contributed by atoms with Crippen molar-refractivity contribution in [1.82, 2.24) is 0 Å². The van der Waals surface area contributed by atoms with Crippen molar-refractivity contribution in [3.63, 3.8) is 0 Å². The van der Waals surface area contributed by atoms with Gasteiger partial charge in [-0.2, -0.15) is 0 Å². The van der Waals surface area contributed by atoms with E-state index in [-0.39, 0.29) is 24.1 Å². The first-order valence-corrected chi connectivity index (χ1v) is 5.89. The van der Waals surface area contributed by atoms with Crippen molar-refractivity contribution in [3.05, 3.63) is 0 Å². The topological polar surface area (TPSA) is 52.6 Å². The fraction of sp³-hybridized carbons (Fsp3) is 0.818. The molecule has 0 rings (SSSR count). The number of esters is 2. The first-order chi connectivity index (χ1) is 7.45. The number of ether oxygens (including phenoxy) is 2. The lowest BCUT2D eigenvalue weighted by molar-refractivity contribution is -0.145. The van der Waals surface area contributed by atoms with Crippen LogP contribution in [0, 0.1) is 0 Å². The third kappa shape index (κ3) is 8.53. The van der Waals surface area contributed by atoms with Crippen LogP contribution in [0.3, 0.4) is 0 Å². The number of halogens is 1. The molecule has 0 aliphatic heterocycles. The van der Waals surface area contributed by atoms with Crippen LogP contribution in [0.4, 0.5) is 0 Å². The number of carbonyl (C=O) groups excluding carboxylic acids is 2. The van der Waals surface area contributed by atoms with Crippen LogP contribution in [0.1, 0.15) is 40.0 Å². The smallest absolute Gasteiger partial charge is 0.302 e. The minimum absolute atomic E-state index is 0.106. The van der Waals surface area contributed by atoms with E-state index in [1.807, 2.05) is 6.92 Å². The van der Waals surface area contributed by atoms with Gasteiger partial charge < -0.3 is 9.47 Å². The van der Waals surface area contributed by atoms with E-state index in [0.717, 1.165) is 12.8 Å². The Morgan fingerprint density at radius 3 is 2.12 bits per heavy atom. The summed E-state index contributed by atoms with van der Waals surface area (Å²) < 4.78 is 9.95. The van der Waals surface area contributed by atoms with E-state index in [4.69, 9.17) is 21.1 Å². The molecule has 0 unspecified atom stereocenters. The van der Waals surface area contributed by atoms with Crippen LogP contribution in [-0.4, -0.2) is 30.0 Å². The van der Waals surface area contributed by atoms with Gasteiger partial charge >= 0.3 is 11.9 Å². The standard InChI is InChI=1S/C11H19ClO4/c1-8(15-9(2)13)5-4-6-11(7-12)16-10(3)14/h8,11H,4-7H2,1-3H3/t8-,11+/m1/s1. The highest BCUT2D eigenvalue weighted by Gasteiger charge is 2.12. The lowest BCUT2D eigenvalue weighted by Crippen LogP contribution is -2.19. The maximum Gasteiger partial charge on any atom is 0.302 e. The van der Waals surface area contributed by atoms with Gasteiger partial charge in [0.1, 0.15) is 6.10 Å². The van der Waals surface area contributed by atoms with Crippen LogP contribution in [0.5, 0.6) is 0 Å². The fourth-order valence-corrected chi connectivity index (χ4v) is 1.59. The lowest BCUT2D eigenvalue weighted by atomic mass is 10.1. The molecule has 0 saturated heterocycles. The van der Waals surface area contributed by atoms with E-state index in [9.17, 15) is 9.59 Å². The molecule has 0 aromatic carbocycles. The molecule has 0 N–H and O–H groups in total. The third-order valence-electron chi connectivity index (χ3n) is 2.01. The molecule has 0 radical (unpaired) electrons. The number of hydrogen-bond acceptors (Lipinski definition) is 4. The minimum atomic E-state index is -0.321. The van der Waals surface area contributed by atoms with E-state index in [2.05, 4.69) is 0 Å². The van der Waals surface area contributed by atoms with Gasteiger partial charge in [0.05, 0.1) is 12.0 Å². The van der Waals surface area contributed by atoms with Gasteiger partial charge in [0.2, 0.25) is 0 Å². The van der Waals surface area contributed by atoms with Gasteiger partial charge in [0, 0.05) is 13.8 Å². The average Bonchev–Trinajstić information content (AvgIpc) is 2.14. The molecule has 0 bridgehead atoms. The predicted molar refractivity (Wildman–Crippen MR) is 61.4 cm³/mol. The second-order valence-electron chi connectivity index (χ2n) is 3.74. The van der Waals surface area contributed by atoms with Crippen LogP contribution in [0.25, 0.3) is 0 Å². The normalized spacial score (nSPS) is 14.0. The van der Waals surface area contributed by atoms with E-state index in [1.165, 1.54) is 13.8 Å². The highest BCUT2D eigenvalue weighted by molar-refractivity contribution is 6.18. The van der Waals surface area contributed by atoms with E-state index >= 15 is 0 Å². The van der Waals surface area contributed by atoms with Crippen molar-refractivity contribution in [2.45, 2.75) is 52.2 Å². The van der Waals surface area contributed by atoms with Crippen molar-refractivity contribution < 1.29 is 19.1 Å². The van der Waals surface area contributed by atoms with Crippen LogP contribution in [0.2, 0.25) is 0 Å². The van der Waals surface area contributed by atoms with E-state index < -0.39 is 0 Å². The van der Waals surface area contributed by atoms with Crippen LogP contribution in [0.15, 0.2) is 0 Å². The highest BCUT2D eigenvalue weighted by Crippen LogP contribution is 2.10. The summed E-state index contributed by atoms with van der Waals surface area (Å²) >= 11 is 5.65. The monoisotopic (exact) mass is 250 g/mol. The summed E-state index contributed by atoms with van der Waals surface area (Å²) in [4.78, 5) is 21.3. The zero-order chi connectivity index (χ0) is 12.6. The number of hydrogen-bond donors (Lipinski definition) is 0. The van der Waals surface area contributed by atoms with Crippen molar-refractivity contribution in [2.75, 3.05) is 5.88 Å². The lowest BCUT2D eigenvalue weighted by Gasteiger charge is -2.15. The molecular formula is C11H19ClO4. The Morgan fingerprint density at radius 2 is 1.69 bits per heavy atom. The number of alkyl halides is 1. The maximum absolute atomic E-state index is 10.7. The molecule has 16 heavy (non-hydrogen) atoms. The summed E-state index contributed by atoms with van der Waals surface area (Å²) in [5.74, 6) is -0.304. The number of rotatable bonds is 7. The zero-order valence-electron chi connectivity index (χ0n) is 9.99. The summed E-state index contributed by atoms with van der Waals surface area (Å²) in [6, 6.07) is 0. The molecular weight excluding hydrogens is 232 g/mol. The zero-order valence-corrected chi connectivity index (χ0v) is 10.8. The Hall–Kier alpha value is -0.770. The fourth-order valence-electron chi connectivity index (χ4n) is 1.38. The van der Waals surface area contributed by atoms with E-state index in [0.29, 0.717) is 12.3 Å². The molecule has 4 nitrogen and oxygen atoms in total. The molecule has 0 aromatic rings. The van der Waals surface area contributed by atoms with Crippen molar-refractivity contribution in [1.29, 1.82) is 0 Å². The van der Waals surface area contributed by atoms with Gasteiger partial charge in [0.15, 0.2) is 0 Å². The van der Waals surface area contributed by atoms with Crippen molar-refractivity contribution >= 4 is 23.5 Å². The molecule has 0 spiro atoms. The molecule has 0 fully saturated rings. The van der Waals surface area contributed by atoms with Crippen LogP contribution in [-0.2, 0) is 19.1 Å². The SMILES string of the molecule is CC(=O)O[C@H](CCl)CCC[C@@H](C)OC(C)=O. The van der Waals surface area contributed by atoms with Crippen LogP contribution < -0.4 is 0 Å².